The zero-order valence-corrected chi connectivity index (χ0v) is 9.15. The number of nitrogens with one attached hydrogen (secondary N) is 2. The molecule has 0 spiro atoms. The van der Waals surface area contributed by atoms with E-state index in [0.29, 0.717) is 5.52 Å². The third-order valence-corrected chi connectivity index (χ3v) is 2.54. The Morgan fingerprint density at radius 3 is 2.71 bits per heavy atom. The highest BCUT2D eigenvalue weighted by Gasteiger charge is 2.14. The average Bonchev–Trinajstić information content (AvgIpc) is 2.42. The molecule has 0 aliphatic heterocycles. The number of hydrogen-bond donors (Lipinski definition) is 2. The van der Waals surface area contributed by atoms with E-state index in [-0.39, 0.29) is 16.1 Å². The van der Waals surface area contributed by atoms with Crippen molar-refractivity contribution in [3.63, 3.8) is 0 Å². The van der Waals surface area contributed by atoms with E-state index in [9.17, 15) is 9.59 Å². The maximum absolute atomic E-state index is 11.9. The van der Waals surface area contributed by atoms with Crippen LogP contribution in [0, 0.1) is 5.53 Å². The SMILES string of the molecule is N=[N+]=Nc1c(Cl)c(=O)c2ccccc2[nH]c1=O. The molecule has 2 aromatic rings. The van der Waals surface area contributed by atoms with Crippen LogP contribution < -0.4 is 15.9 Å². The van der Waals surface area contributed by atoms with Crippen molar-refractivity contribution in [2.75, 3.05) is 0 Å². The first-order valence-corrected chi connectivity index (χ1v) is 4.95. The third-order valence-electron chi connectivity index (χ3n) is 2.19. The number of halogens is 1. The summed E-state index contributed by atoms with van der Waals surface area (Å²) in [4.78, 5) is 28.8. The average molecular weight is 250 g/mol. The van der Waals surface area contributed by atoms with Gasteiger partial charge in [-0.05, 0) is 12.1 Å². The number of aromatic nitrogens is 1. The highest BCUT2D eigenvalue weighted by Crippen LogP contribution is 2.16. The normalized spacial score (nSPS) is 9.94. The van der Waals surface area contributed by atoms with Crippen molar-refractivity contribution in [2.45, 2.75) is 0 Å². The lowest BCUT2D eigenvalue weighted by atomic mass is 10.2. The largest absolute Gasteiger partial charge is 0.320 e. The summed E-state index contributed by atoms with van der Waals surface area (Å²) in [5.41, 5.74) is 5.40. The van der Waals surface area contributed by atoms with Crippen molar-refractivity contribution in [1.82, 2.24) is 9.90 Å². The molecule has 84 valence electrons. The van der Waals surface area contributed by atoms with Crippen LogP contribution in [0.1, 0.15) is 0 Å². The summed E-state index contributed by atoms with van der Waals surface area (Å²) in [5.74, 6) is 0. The molecule has 2 rings (SSSR count). The molecule has 1 heterocycles. The smallest absolute Gasteiger partial charge is 0.283 e. The Bertz CT molecular complexity index is 762. The number of hydrogen-bond acceptors (Lipinski definition) is 4. The Balaban J connectivity index is 3.15. The topological polar surface area (TPSA) is 100 Å². The van der Waals surface area contributed by atoms with Gasteiger partial charge < -0.3 is 4.98 Å². The van der Waals surface area contributed by atoms with Crippen LogP contribution in [0.15, 0.2) is 39.0 Å². The Kier molecular flexibility index (Phi) is 2.82. The molecular formula is C10H6ClN4O2+. The number of para-hydroxylation sites is 1. The van der Waals surface area contributed by atoms with Crippen LogP contribution in [0.5, 0.6) is 0 Å². The van der Waals surface area contributed by atoms with Crippen LogP contribution in [0.4, 0.5) is 5.69 Å². The van der Waals surface area contributed by atoms with Gasteiger partial charge >= 0.3 is 0 Å². The molecule has 0 fully saturated rings. The lowest BCUT2D eigenvalue weighted by molar-refractivity contribution is 0.985. The van der Waals surface area contributed by atoms with Gasteiger partial charge in [0.1, 0.15) is 10.6 Å². The van der Waals surface area contributed by atoms with Gasteiger partial charge in [0, 0.05) is 5.39 Å². The third kappa shape index (κ3) is 1.87. The summed E-state index contributed by atoms with van der Waals surface area (Å²) in [6.45, 7) is 0. The fourth-order valence-electron chi connectivity index (χ4n) is 1.44. The van der Waals surface area contributed by atoms with Crippen molar-refractivity contribution in [3.05, 3.63) is 49.9 Å². The molecular weight excluding hydrogens is 244 g/mol. The second-order valence-electron chi connectivity index (χ2n) is 3.19. The molecule has 0 aliphatic carbocycles. The van der Waals surface area contributed by atoms with Gasteiger partial charge in [0.15, 0.2) is 5.11 Å². The predicted molar refractivity (Wildman–Crippen MR) is 62.8 cm³/mol. The lowest BCUT2D eigenvalue weighted by Crippen LogP contribution is -2.02. The fourth-order valence-corrected chi connectivity index (χ4v) is 1.66. The second kappa shape index (κ2) is 4.29. The van der Waals surface area contributed by atoms with Crippen LogP contribution in [-0.4, -0.2) is 4.98 Å². The van der Waals surface area contributed by atoms with Crippen molar-refractivity contribution >= 4 is 28.2 Å². The summed E-state index contributed by atoms with van der Waals surface area (Å²) < 4.78 is 0. The number of fused-ring (bicyclic) bond motifs is 1. The van der Waals surface area contributed by atoms with Gasteiger partial charge in [-0.1, -0.05) is 23.7 Å². The van der Waals surface area contributed by atoms with Crippen molar-refractivity contribution in [3.8, 4) is 0 Å². The molecule has 0 radical (unpaired) electrons. The summed E-state index contributed by atoms with van der Waals surface area (Å²) in [6, 6.07) is 6.46. The zero-order valence-electron chi connectivity index (χ0n) is 8.40. The summed E-state index contributed by atoms with van der Waals surface area (Å²) in [7, 11) is 0. The molecule has 0 bridgehead atoms. The van der Waals surface area contributed by atoms with E-state index in [1.54, 1.807) is 24.3 Å². The van der Waals surface area contributed by atoms with Gasteiger partial charge in [-0.25, -0.2) is 0 Å². The first-order valence-electron chi connectivity index (χ1n) is 4.57. The van der Waals surface area contributed by atoms with Crippen molar-refractivity contribution in [1.29, 1.82) is 5.53 Å². The lowest BCUT2D eigenvalue weighted by Gasteiger charge is -1.87. The van der Waals surface area contributed by atoms with Crippen molar-refractivity contribution in [2.24, 2.45) is 5.11 Å². The van der Waals surface area contributed by atoms with Crippen LogP contribution >= 0.6 is 11.6 Å². The van der Waals surface area contributed by atoms with E-state index in [0.717, 1.165) is 0 Å². The molecule has 0 saturated carbocycles. The maximum atomic E-state index is 11.9. The number of benzene rings is 1. The van der Waals surface area contributed by atoms with Gasteiger partial charge in [0.05, 0.1) is 5.52 Å². The molecule has 2 N–H and O–H groups in total. The maximum Gasteiger partial charge on any atom is 0.283 e. The molecule has 0 aliphatic rings. The van der Waals surface area contributed by atoms with Crippen LogP contribution in [0.3, 0.4) is 0 Å². The molecule has 7 heteroatoms. The minimum absolute atomic E-state index is 0.279. The number of aromatic amines is 1. The molecule has 0 saturated heterocycles. The highest BCUT2D eigenvalue weighted by atomic mass is 35.5. The molecule has 0 atom stereocenters. The monoisotopic (exact) mass is 249 g/mol. The minimum Gasteiger partial charge on any atom is -0.320 e. The van der Waals surface area contributed by atoms with E-state index in [4.69, 9.17) is 17.1 Å². The Morgan fingerprint density at radius 1 is 1.29 bits per heavy atom. The Morgan fingerprint density at radius 2 is 2.00 bits per heavy atom. The summed E-state index contributed by atoms with van der Waals surface area (Å²) in [5, 5.41) is 3.18. The van der Waals surface area contributed by atoms with Crippen LogP contribution in [0.2, 0.25) is 5.02 Å². The van der Waals surface area contributed by atoms with E-state index in [1.165, 1.54) is 0 Å². The van der Waals surface area contributed by atoms with Gasteiger partial charge in [-0.2, -0.15) is 0 Å². The first kappa shape index (κ1) is 11.2. The summed E-state index contributed by atoms with van der Waals surface area (Å²) in [6.07, 6.45) is 0. The van der Waals surface area contributed by atoms with Gasteiger partial charge in [-0.15, -0.1) is 0 Å². The van der Waals surface area contributed by atoms with E-state index in [1.807, 2.05) is 0 Å². The number of H-pyrrole nitrogens is 1. The van der Waals surface area contributed by atoms with Crippen molar-refractivity contribution < 1.29 is 0 Å². The van der Waals surface area contributed by atoms with Gasteiger partial charge in [0.25, 0.3) is 5.56 Å². The van der Waals surface area contributed by atoms with Crippen LogP contribution in [0.25, 0.3) is 10.9 Å². The van der Waals surface area contributed by atoms with E-state index in [2.05, 4.69) is 15.0 Å². The molecule has 0 amide bonds. The van der Waals surface area contributed by atoms with Gasteiger partial charge in [-0.3, -0.25) is 9.59 Å². The quantitative estimate of drug-likeness (QED) is 0.594. The fraction of sp³-hybridized carbons (Fsp3) is 0. The zero-order chi connectivity index (χ0) is 12.4. The van der Waals surface area contributed by atoms with Crippen LogP contribution in [-0.2, 0) is 0 Å². The molecule has 1 aromatic carbocycles. The Labute approximate surface area is 99.1 Å². The molecule has 6 nitrogen and oxygen atoms in total. The van der Waals surface area contributed by atoms with E-state index >= 15 is 0 Å². The molecule has 17 heavy (non-hydrogen) atoms. The number of nitrogens with zero attached hydrogens (tertiary/aromatic N) is 2. The summed E-state index contributed by atoms with van der Waals surface area (Å²) >= 11 is 5.77. The van der Waals surface area contributed by atoms with E-state index < -0.39 is 11.0 Å². The first-order chi connectivity index (χ1) is 8.15. The molecule has 1 aromatic heterocycles. The second-order valence-corrected chi connectivity index (χ2v) is 3.57. The molecule has 0 unspecified atom stereocenters. The Hall–Kier alpha value is -2.30. The van der Waals surface area contributed by atoms with Gasteiger partial charge in [0.2, 0.25) is 16.0 Å². The standard InChI is InChI=1S/C10H5ClN4O2/c11-7-8(14-15-12)10(17)13-6-4-2-1-3-5(6)9(7)16/h1-4,12H/p+1. The highest BCUT2D eigenvalue weighted by molar-refractivity contribution is 6.33. The minimum atomic E-state index is -0.663. The predicted octanol–water partition coefficient (Wildman–Crippen LogP) is 1.72. The number of rotatable bonds is 1.